The number of hydrogen-bond acceptors (Lipinski definition) is 6. The molecule has 0 aliphatic carbocycles. The second kappa shape index (κ2) is 7.68. The van der Waals surface area contributed by atoms with Crippen LogP contribution in [-0.2, 0) is 15.9 Å². The summed E-state index contributed by atoms with van der Waals surface area (Å²) >= 11 is 0. The Bertz CT molecular complexity index is 650. The number of rotatable bonds is 6. The lowest BCUT2D eigenvalue weighted by Gasteiger charge is -2.34. The molecule has 124 valence electrons. The minimum absolute atomic E-state index is 0.176. The monoisotopic (exact) mass is 316 g/mol. The van der Waals surface area contributed by atoms with Crippen molar-refractivity contribution in [2.45, 2.75) is 18.9 Å². The molecule has 0 bridgehead atoms. The molecule has 3 rings (SSSR count). The molecule has 2 N–H and O–H groups in total. The first-order valence-corrected chi connectivity index (χ1v) is 8.13. The van der Waals surface area contributed by atoms with Crippen molar-refractivity contribution in [2.75, 3.05) is 44.9 Å². The number of benzene rings is 1. The Morgan fingerprint density at radius 3 is 3.04 bits per heavy atom. The number of hydrogen-bond donors (Lipinski definition) is 1. The van der Waals surface area contributed by atoms with E-state index in [2.05, 4.69) is 16.0 Å². The molecular formula is C17H24N4O2. The van der Waals surface area contributed by atoms with Gasteiger partial charge in [-0.05, 0) is 25.1 Å². The van der Waals surface area contributed by atoms with Gasteiger partial charge >= 0.3 is 0 Å². The molecule has 1 aromatic heterocycles. The molecule has 0 saturated carbocycles. The van der Waals surface area contributed by atoms with Crippen molar-refractivity contribution in [3.63, 3.8) is 0 Å². The summed E-state index contributed by atoms with van der Waals surface area (Å²) in [7, 11) is 1.72. The number of para-hydroxylation sites is 1. The number of methoxy groups -OCH3 is 1. The molecule has 1 aliphatic heterocycles. The number of nitrogens with two attached hydrogens (primary N) is 1. The number of aromatic nitrogens is 2. The normalized spacial score (nSPS) is 18.5. The second-order valence-electron chi connectivity index (χ2n) is 5.74. The van der Waals surface area contributed by atoms with Gasteiger partial charge in [-0.2, -0.15) is 0 Å². The molecule has 1 fully saturated rings. The first-order chi connectivity index (χ1) is 11.3. The van der Waals surface area contributed by atoms with E-state index in [1.165, 1.54) is 0 Å². The molecule has 2 aromatic rings. The van der Waals surface area contributed by atoms with Gasteiger partial charge in [0.1, 0.15) is 11.6 Å². The van der Waals surface area contributed by atoms with Gasteiger partial charge in [0, 0.05) is 38.6 Å². The van der Waals surface area contributed by atoms with Gasteiger partial charge < -0.3 is 20.1 Å². The van der Waals surface area contributed by atoms with Crippen LogP contribution >= 0.6 is 0 Å². The molecule has 1 saturated heterocycles. The van der Waals surface area contributed by atoms with Crippen molar-refractivity contribution in [3.05, 3.63) is 30.1 Å². The van der Waals surface area contributed by atoms with Crippen LogP contribution in [-0.4, -0.2) is 56.0 Å². The number of fused-ring (bicyclic) bond motifs is 1. The molecule has 2 heterocycles. The molecule has 6 heteroatoms. The fourth-order valence-electron chi connectivity index (χ4n) is 2.92. The van der Waals surface area contributed by atoms with E-state index in [0.717, 1.165) is 42.1 Å². The maximum absolute atomic E-state index is 5.84. The van der Waals surface area contributed by atoms with Crippen molar-refractivity contribution < 1.29 is 9.47 Å². The standard InChI is InChI=1S/C17H24N4O2/c1-22-10-7-13-12-21(9-11-23-13)17-14-4-2-3-5-15(14)19-16(20-17)6-8-18/h2-5,13H,6-12,18H2,1H3/t13-/m0/s1. The quantitative estimate of drug-likeness (QED) is 0.868. The molecule has 0 amide bonds. The summed E-state index contributed by atoms with van der Waals surface area (Å²) in [5.74, 6) is 1.80. The molecule has 1 atom stereocenters. The Morgan fingerprint density at radius 2 is 2.22 bits per heavy atom. The minimum Gasteiger partial charge on any atom is -0.385 e. The highest BCUT2D eigenvalue weighted by Gasteiger charge is 2.23. The van der Waals surface area contributed by atoms with Crippen LogP contribution < -0.4 is 10.6 Å². The molecule has 0 spiro atoms. The highest BCUT2D eigenvalue weighted by atomic mass is 16.5. The summed E-state index contributed by atoms with van der Waals surface area (Å²) < 4.78 is 11.0. The predicted octanol–water partition coefficient (Wildman–Crippen LogP) is 1.37. The second-order valence-corrected chi connectivity index (χ2v) is 5.74. The molecule has 0 radical (unpaired) electrons. The Morgan fingerprint density at radius 1 is 1.35 bits per heavy atom. The highest BCUT2D eigenvalue weighted by molar-refractivity contribution is 5.89. The van der Waals surface area contributed by atoms with Crippen LogP contribution in [0, 0.1) is 0 Å². The van der Waals surface area contributed by atoms with E-state index in [4.69, 9.17) is 20.2 Å². The molecule has 6 nitrogen and oxygen atoms in total. The van der Waals surface area contributed by atoms with E-state index in [1.807, 2.05) is 18.2 Å². The fraction of sp³-hybridized carbons (Fsp3) is 0.529. The van der Waals surface area contributed by atoms with E-state index in [1.54, 1.807) is 7.11 Å². The van der Waals surface area contributed by atoms with Gasteiger partial charge in [0.05, 0.1) is 18.2 Å². The van der Waals surface area contributed by atoms with Crippen LogP contribution in [0.25, 0.3) is 10.9 Å². The topological polar surface area (TPSA) is 73.5 Å². The van der Waals surface area contributed by atoms with E-state index in [9.17, 15) is 0 Å². The van der Waals surface area contributed by atoms with Crippen LogP contribution in [0.4, 0.5) is 5.82 Å². The smallest absolute Gasteiger partial charge is 0.140 e. The number of anilines is 1. The van der Waals surface area contributed by atoms with Crippen molar-refractivity contribution in [2.24, 2.45) is 5.73 Å². The third-order valence-electron chi connectivity index (χ3n) is 4.08. The van der Waals surface area contributed by atoms with Crippen LogP contribution in [0.1, 0.15) is 12.2 Å². The Hall–Kier alpha value is -1.76. The first kappa shape index (κ1) is 16.1. The average Bonchev–Trinajstić information content (AvgIpc) is 2.60. The third-order valence-corrected chi connectivity index (χ3v) is 4.08. The Labute approximate surface area is 136 Å². The zero-order valence-electron chi connectivity index (χ0n) is 13.6. The lowest BCUT2D eigenvalue weighted by Crippen LogP contribution is -2.43. The van der Waals surface area contributed by atoms with Crippen molar-refractivity contribution in [1.29, 1.82) is 0 Å². The van der Waals surface area contributed by atoms with Gasteiger partial charge in [-0.1, -0.05) is 12.1 Å². The molecule has 1 aromatic carbocycles. The summed E-state index contributed by atoms with van der Waals surface area (Å²) in [4.78, 5) is 11.7. The van der Waals surface area contributed by atoms with E-state index in [-0.39, 0.29) is 6.10 Å². The van der Waals surface area contributed by atoms with Crippen molar-refractivity contribution in [1.82, 2.24) is 9.97 Å². The largest absolute Gasteiger partial charge is 0.385 e. The molecule has 1 aliphatic rings. The van der Waals surface area contributed by atoms with Crippen molar-refractivity contribution >= 4 is 16.7 Å². The zero-order valence-corrected chi connectivity index (χ0v) is 13.6. The lowest BCUT2D eigenvalue weighted by molar-refractivity contribution is 0.0190. The summed E-state index contributed by atoms with van der Waals surface area (Å²) in [5, 5.41) is 1.08. The van der Waals surface area contributed by atoms with Crippen molar-refractivity contribution in [3.8, 4) is 0 Å². The van der Waals surface area contributed by atoms with Crippen LogP contribution in [0.3, 0.4) is 0 Å². The van der Waals surface area contributed by atoms with Gasteiger partial charge in [-0.3, -0.25) is 0 Å². The van der Waals surface area contributed by atoms with E-state index >= 15 is 0 Å². The Balaban J connectivity index is 1.90. The van der Waals surface area contributed by atoms with E-state index in [0.29, 0.717) is 26.2 Å². The van der Waals surface area contributed by atoms with Gasteiger partial charge in [0.2, 0.25) is 0 Å². The molecule has 0 unspecified atom stereocenters. The highest BCUT2D eigenvalue weighted by Crippen LogP contribution is 2.26. The SMILES string of the molecule is COCC[C@H]1CN(c2nc(CCN)nc3ccccc23)CCO1. The van der Waals surface area contributed by atoms with Gasteiger partial charge in [-0.25, -0.2) is 9.97 Å². The maximum Gasteiger partial charge on any atom is 0.140 e. The van der Waals surface area contributed by atoms with Gasteiger partial charge in [-0.15, -0.1) is 0 Å². The van der Waals surface area contributed by atoms with Crippen LogP contribution in [0.5, 0.6) is 0 Å². The third kappa shape index (κ3) is 3.77. The maximum atomic E-state index is 5.84. The van der Waals surface area contributed by atoms with Crippen LogP contribution in [0.15, 0.2) is 24.3 Å². The van der Waals surface area contributed by atoms with Gasteiger partial charge in [0.15, 0.2) is 0 Å². The molecular weight excluding hydrogens is 292 g/mol. The predicted molar refractivity (Wildman–Crippen MR) is 90.7 cm³/mol. The van der Waals surface area contributed by atoms with E-state index < -0.39 is 0 Å². The van der Waals surface area contributed by atoms with Gasteiger partial charge in [0.25, 0.3) is 0 Å². The lowest BCUT2D eigenvalue weighted by atomic mass is 10.1. The minimum atomic E-state index is 0.176. The average molecular weight is 316 g/mol. The summed E-state index contributed by atoms with van der Waals surface area (Å²) in [6.45, 7) is 3.64. The molecule has 23 heavy (non-hydrogen) atoms. The summed E-state index contributed by atoms with van der Waals surface area (Å²) in [6.07, 6.45) is 1.76. The fourth-order valence-corrected chi connectivity index (χ4v) is 2.92. The van der Waals surface area contributed by atoms with Crippen LogP contribution in [0.2, 0.25) is 0 Å². The first-order valence-electron chi connectivity index (χ1n) is 8.13. The summed E-state index contributed by atoms with van der Waals surface area (Å²) in [5.41, 5.74) is 6.66. The Kier molecular flexibility index (Phi) is 5.38. The number of morpholine rings is 1. The number of nitrogens with zero attached hydrogens (tertiary/aromatic N) is 3. The number of ether oxygens (including phenoxy) is 2. The zero-order chi connectivity index (χ0) is 16.1. The summed E-state index contributed by atoms with van der Waals surface area (Å²) in [6, 6.07) is 8.15.